The van der Waals surface area contributed by atoms with E-state index in [9.17, 15) is 8.42 Å². The summed E-state index contributed by atoms with van der Waals surface area (Å²) in [6.45, 7) is 2.72. The summed E-state index contributed by atoms with van der Waals surface area (Å²) in [5.74, 6) is 0.874. The summed E-state index contributed by atoms with van der Waals surface area (Å²) in [4.78, 5) is 3.57. The number of fused-ring (bicyclic) bond motifs is 1. The van der Waals surface area contributed by atoms with Crippen molar-refractivity contribution in [3.8, 4) is 0 Å². The molecule has 1 aliphatic heterocycles. The number of nitrogens with one attached hydrogen (secondary N) is 3. The fourth-order valence-electron chi connectivity index (χ4n) is 4.69. The minimum absolute atomic E-state index is 0.333. The number of unbranched alkanes of at least 4 members (excludes halogenated alkanes) is 1. The van der Waals surface area contributed by atoms with Crippen LogP contribution in [0.2, 0.25) is 5.02 Å². The van der Waals surface area contributed by atoms with Gasteiger partial charge >= 0.3 is 0 Å². The number of hydrogen-bond acceptors (Lipinski definition) is 3. The van der Waals surface area contributed by atoms with Crippen LogP contribution < -0.4 is 10.0 Å². The Bertz CT molecular complexity index is 1140. The first-order valence-electron chi connectivity index (χ1n) is 12.1. The maximum Gasteiger partial charge on any atom is 0.240 e. The zero-order valence-electron chi connectivity index (χ0n) is 19.1. The normalized spacial score (nSPS) is 15.3. The maximum atomic E-state index is 12.7. The first-order chi connectivity index (χ1) is 16.0. The van der Waals surface area contributed by atoms with E-state index in [1.807, 2.05) is 36.5 Å². The summed E-state index contributed by atoms with van der Waals surface area (Å²) in [6, 6.07) is 13.1. The predicted octanol–water partition coefficient (Wildman–Crippen LogP) is 5.44. The molecule has 3 N–H and O–H groups in total. The summed E-state index contributed by atoms with van der Waals surface area (Å²) < 4.78 is 28.1. The summed E-state index contributed by atoms with van der Waals surface area (Å²) in [5.41, 5.74) is 3.40. The third-order valence-electron chi connectivity index (χ3n) is 6.66. The van der Waals surface area contributed by atoms with Crippen LogP contribution in [0.4, 0.5) is 0 Å². The van der Waals surface area contributed by atoms with Gasteiger partial charge in [0.2, 0.25) is 10.0 Å². The van der Waals surface area contributed by atoms with Gasteiger partial charge in [-0.1, -0.05) is 36.6 Å². The van der Waals surface area contributed by atoms with Crippen molar-refractivity contribution < 1.29 is 8.42 Å². The van der Waals surface area contributed by atoms with Crippen molar-refractivity contribution in [3.63, 3.8) is 0 Å². The highest BCUT2D eigenvalue weighted by Crippen LogP contribution is 2.23. The summed E-state index contributed by atoms with van der Waals surface area (Å²) in [7, 11) is -3.49. The number of benzene rings is 2. The molecule has 0 saturated carbocycles. The summed E-state index contributed by atoms with van der Waals surface area (Å²) in [5, 5.41) is 5.22. The second-order valence-corrected chi connectivity index (χ2v) is 11.3. The highest BCUT2D eigenvalue weighted by molar-refractivity contribution is 7.89. The van der Waals surface area contributed by atoms with Gasteiger partial charge in [0.25, 0.3) is 0 Å². The number of hydrogen-bond donors (Lipinski definition) is 3. The highest BCUT2D eigenvalue weighted by Gasteiger charge is 2.14. The Balaban J connectivity index is 1.20. The molecule has 4 rings (SSSR count). The average molecular weight is 488 g/mol. The van der Waals surface area contributed by atoms with Crippen molar-refractivity contribution >= 4 is 32.5 Å². The molecule has 1 fully saturated rings. The first kappa shape index (κ1) is 24.3. The van der Waals surface area contributed by atoms with Crippen LogP contribution in [0.25, 0.3) is 10.9 Å². The Labute approximate surface area is 202 Å². The van der Waals surface area contributed by atoms with Gasteiger partial charge in [-0.15, -0.1) is 0 Å². The predicted molar refractivity (Wildman–Crippen MR) is 136 cm³/mol. The Kier molecular flexibility index (Phi) is 8.47. The summed E-state index contributed by atoms with van der Waals surface area (Å²) in [6.07, 6.45) is 10.8. The van der Waals surface area contributed by atoms with E-state index in [0.717, 1.165) is 54.7 Å². The van der Waals surface area contributed by atoms with Crippen LogP contribution in [0.5, 0.6) is 0 Å². The van der Waals surface area contributed by atoms with Crippen LogP contribution in [-0.2, 0) is 22.9 Å². The second-order valence-electron chi connectivity index (χ2n) is 9.09. The number of H-pyrrole nitrogens is 1. The van der Waals surface area contributed by atoms with Crippen molar-refractivity contribution in [1.29, 1.82) is 0 Å². The number of aromatic nitrogens is 1. The molecule has 0 aliphatic carbocycles. The van der Waals surface area contributed by atoms with Gasteiger partial charge in [-0.2, -0.15) is 0 Å². The van der Waals surface area contributed by atoms with Gasteiger partial charge in [0.15, 0.2) is 0 Å². The van der Waals surface area contributed by atoms with Crippen molar-refractivity contribution in [1.82, 2.24) is 15.0 Å². The van der Waals surface area contributed by atoms with Gasteiger partial charge in [-0.05, 0) is 99.0 Å². The molecule has 1 saturated heterocycles. The zero-order chi connectivity index (χ0) is 23.1. The largest absolute Gasteiger partial charge is 0.361 e. The van der Waals surface area contributed by atoms with E-state index in [1.54, 1.807) is 12.1 Å². The van der Waals surface area contributed by atoms with Crippen LogP contribution in [-0.4, -0.2) is 33.0 Å². The fraction of sp³-hybridized carbons (Fsp3) is 0.462. The molecule has 1 aromatic heterocycles. The zero-order valence-corrected chi connectivity index (χ0v) is 20.6. The van der Waals surface area contributed by atoms with Gasteiger partial charge in [-0.3, -0.25) is 0 Å². The fourth-order valence-corrected chi connectivity index (χ4v) is 5.94. The molecule has 2 aromatic carbocycles. The van der Waals surface area contributed by atoms with Gasteiger partial charge in [0.05, 0.1) is 4.90 Å². The van der Waals surface area contributed by atoms with Crippen molar-refractivity contribution in [2.45, 2.75) is 56.3 Å². The minimum atomic E-state index is -3.49. The first-order valence-corrected chi connectivity index (χ1v) is 13.9. The van der Waals surface area contributed by atoms with E-state index >= 15 is 0 Å². The number of aromatic amines is 1. The molecule has 0 bridgehead atoms. The van der Waals surface area contributed by atoms with Crippen LogP contribution in [0.15, 0.2) is 53.6 Å². The van der Waals surface area contributed by atoms with E-state index in [1.165, 1.54) is 31.2 Å². The molecule has 33 heavy (non-hydrogen) atoms. The average Bonchev–Trinajstić information content (AvgIpc) is 3.22. The molecule has 0 unspecified atom stereocenters. The summed E-state index contributed by atoms with van der Waals surface area (Å²) >= 11 is 6.11. The Morgan fingerprint density at radius 2 is 1.76 bits per heavy atom. The Morgan fingerprint density at radius 1 is 0.970 bits per heavy atom. The molecular weight excluding hydrogens is 454 g/mol. The van der Waals surface area contributed by atoms with Crippen LogP contribution in [0, 0.1) is 5.92 Å². The molecule has 3 aromatic rings. The van der Waals surface area contributed by atoms with Crippen molar-refractivity contribution in [2.75, 3.05) is 19.6 Å². The Morgan fingerprint density at radius 3 is 2.55 bits per heavy atom. The van der Waals surface area contributed by atoms with E-state index in [4.69, 9.17) is 11.6 Å². The second kappa shape index (κ2) is 11.5. The lowest BCUT2D eigenvalue weighted by Gasteiger charge is -2.22. The highest BCUT2D eigenvalue weighted by atomic mass is 35.5. The molecule has 7 heteroatoms. The maximum absolute atomic E-state index is 12.7. The molecule has 1 aliphatic rings. The third-order valence-corrected chi connectivity index (χ3v) is 8.38. The molecule has 0 atom stereocenters. The molecule has 2 heterocycles. The van der Waals surface area contributed by atoms with E-state index < -0.39 is 10.0 Å². The minimum Gasteiger partial charge on any atom is -0.361 e. The van der Waals surface area contributed by atoms with E-state index in [0.29, 0.717) is 22.9 Å². The molecule has 178 valence electrons. The number of sulfonamides is 1. The molecule has 0 amide bonds. The molecule has 0 radical (unpaired) electrons. The molecular formula is C26H34ClN3O2S. The van der Waals surface area contributed by atoms with Crippen LogP contribution >= 0.6 is 11.6 Å². The third kappa shape index (κ3) is 6.82. The monoisotopic (exact) mass is 487 g/mol. The van der Waals surface area contributed by atoms with Gasteiger partial charge in [-0.25, -0.2) is 13.1 Å². The van der Waals surface area contributed by atoms with Crippen molar-refractivity contribution in [2.24, 2.45) is 5.92 Å². The number of halogens is 1. The van der Waals surface area contributed by atoms with Gasteiger partial charge in [0.1, 0.15) is 0 Å². The molecule has 5 nitrogen and oxygen atoms in total. The topological polar surface area (TPSA) is 74.0 Å². The quantitative estimate of drug-likeness (QED) is 0.315. The van der Waals surface area contributed by atoms with Crippen molar-refractivity contribution in [3.05, 3.63) is 64.8 Å². The number of aryl methyl sites for hydroxylation is 2. The lowest BCUT2D eigenvalue weighted by Crippen LogP contribution is -2.27. The van der Waals surface area contributed by atoms with E-state index in [-0.39, 0.29) is 0 Å². The van der Waals surface area contributed by atoms with Gasteiger partial charge in [0, 0.05) is 28.7 Å². The van der Waals surface area contributed by atoms with E-state index in [2.05, 4.69) is 15.0 Å². The smallest absolute Gasteiger partial charge is 0.240 e. The number of piperidine rings is 1. The van der Waals surface area contributed by atoms with Gasteiger partial charge < -0.3 is 10.3 Å². The lowest BCUT2D eigenvalue weighted by molar-refractivity contribution is 0.344. The molecule has 0 spiro atoms. The lowest BCUT2D eigenvalue weighted by atomic mass is 9.92. The van der Waals surface area contributed by atoms with Crippen LogP contribution in [0.1, 0.15) is 49.7 Å². The SMILES string of the molecule is O=S(=O)(NCCCc1c[nH]c2ccc(Cl)cc12)c1ccc(CCCCC2CCNCC2)cc1. The van der Waals surface area contributed by atoms with Crippen LogP contribution in [0.3, 0.4) is 0 Å². The Hall–Kier alpha value is -1.86. The standard InChI is InChI=1S/C26H34ClN3O2S/c27-23-9-12-26-25(18-23)22(19-29-26)6-3-15-30-33(31,32)24-10-7-20(8-11-24)4-1-2-5-21-13-16-28-17-14-21/h7-12,18-19,21,28-30H,1-6,13-17H2. The number of rotatable bonds is 11.